The molecule has 0 radical (unpaired) electrons. The Morgan fingerprint density at radius 2 is 0.900 bits per heavy atom. The molecule has 4 rings (SSSR count). The van der Waals surface area contributed by atoms with Gasteiger partial charge >= 0.3 is 12.2 Å². The second-order valence-corrected chi connectivity index (χ2v) is 16.7. The molecule has 10 nitrogen and oxygen atoms in total. The van der Waals surface area contributed by atoms with Crippen molar-refractivity contribution in [3.8, 4) is 34.4 Å². The van der Waals surface area contributed by atoms with E-state index in [1.165, 1.54) is 0 Å². The molecule has 2 aromatic heterocycles. The highest BCUT2D eigenvalue weighted by Gasteiger charge is 2.33. The molecule has 0 aliphatic heterocycles. The maximum atomic E-state index is 12.6. The average molecular weight is 681 g/mol. The van der Waals surface area contributed by atoms with Crippen molar-refractivity contribution in [3.05, 3.63) is 83.7 Å². The largest absolute Gasteiger partial charge is 0.444 e. The molecular weight excluding hydrogens is 628 g/mol. The fourth-order valence-electron chi connectivity index (χ4n) is 5.11. The minimum Gasteiger partial charge on any atom is -0.444 e. The number of nitrogens with one attached hydrogen (secondary N) is 4. The number of benzene rings is 2. The summed E-state index contributed by atoms with van der Waals surface area (Å²) in [5.74, 6) is 7.80. The van der Waals surface area contributed by atoms with Crippen molar-refractivity contribution in [2.24, 2.45) is 10.8 Å². The lowest BCUT2D eigenvalue weighted by atomic mass is 9.86. The Bertz CT molecular complexity index is 1700. The molecule has 2 atom stereocenters. The van der Waals surface area contributed by atoms with Crippen LogP contribution in [-0.2, 0) is 9.47 Å². The molecule has 0 aliphatic rings. The van der Waals surface area contributed by atoms with Crippen LogP contribution in [0.25, 0.3) is 22.5 Å². The molecule has 2 aromatic carbocycles. The first-order chi connectivity index (χ1) is 23.1. The molecule has 2 heterocycles. The van der Waals surface area contributed by atoms with Crippen LogP contribution in [0.2, 0.25) is 0 Å². The summed E-state index contributed by atoms with van der Waals surface area (Å²) >= 11 is 0. The van der Waals surface area contributed by atoms with Gasteiger partial charge in [-0.3, -0.25) is 0 Å². The van der Waals surface area contributed by atoms with E-state index >= 15 is 0 Å². The molecule has 4 N–H and O–H groups in total. The van der Waals surface area contributed by atoms with Gasteiger partial charge in [-0.25, -0.2) is 19.6 Å². The van der Waals surface area contributed by atoms with Gasteiger partial charge < -0.3 is 30.1 Å². The van der Waals surface area contributed by atoms with Gasteiger partial charge in [-0.1, -0.05) is 77.6 Å². The third-order valence-electron chi connectivity index (χ3n) is 7.54. The molecule has 0 saturated carbocycles. The first-order valence-corrected chi connectivity index (χ1v) is 16.9. The van der Waals surface area contributed by atoms with Crippen LogP contribution in [0.4, 0.5) is 9.59 Å². The predicted octanol–water partition coefficient (Wildman–Crippen LogP) is 9.09. The number of alkyl carbamates (subject to hydrolysis) is 2. The van der Waals surface area contributed by atoms with E-state index in [2.05, 4.69) is 42.4 Å². The summed E-state index contributed by atoms with van der Waals surface area (Å²) in [6.07, 6.45) is 2.58. The normalized spacial score (nSPS) is 13.4. The number of H-pyrrole nitrogens is 2. The van der Waals surface area contributed by atoms with E-state index in [1.807, 2.05) is 132 Å². The van der Waals surface area contributed by atoms with Crippen molar-refractivity contribution in [2.75, 3.05) is 0 Å². The van der Waals surface area contributed by atoms with Crippen LogP contribution >= 0.6 is 0 Å². The molecule has 4 aromatic rings. The van der Waals surface area contributed by atoms with E-state index < -0.39 is 23.4 Å². The molecule has 0 spiro atoms. The van der Waals surface area contributed by atoms with Crippen LogP contribution in [-0.4, -0.2) is 43.3 Å². The van der Waals surface area contributed by atoms with E-state index in [4.69, 9.17) is 9.47 Å². The van der Waals surface area contributed by atoms with Crippen molar-refractivity contribution in [3.63, 3.8) is 0 Å². The van der Waals surface area contributed by atoms with Gasteiger partial charge in [0, 0.05) is 11.1 Å². The van der Waals surface area contributed by atoms with Crippen molar-refractivity contribution >= 4 is 12.2 Å². The number of aromatic amines is 2. The van der Waals surface area contributed by atoms with Gasteiger partial charge in [-0.15, -0.1) is 0 Å². The molecule has 266 valence electrons. The highest BCUT2D eigenvalue weighted by Crippen LogP contribution is 2.34. The summed E-state index contributed by atoms with van der Waals surface area (Å²) in [5, 5.41) is 5.95. The zero-order valence-electron chi connectivity index (χ0n) is 31.5. The molecule has 50 heavy (non-hydrogen) atoms. The van der Waals surface area contributed by atoms with Gasteiger partial charge in [-0.2, -0.15) is 0 Å². The summed E-state index contributed by atoms with van der Waals surface area (Å²) < 4.78 is 11.0. The SMILES string of the molecule is CC(C)(C)OC(=O)N[C@H](c1ncc(-c2ccc(C#Cc3ccc(-c4cnc([C@@H](NC(=O)OC(C)(C)C)C(C)(C)C)[nH]4)cc3)cc2)[nH]1)C(C)(C)C. The molecule has 0 aliphatic carbocycles. The Morgan fingerprint density at radius 1 is 0.580 bits per heavy atom. The van der Waals surface area contributed by atoms with Crippen LogP contribution in [0.1, 0.15) is 118 Å². The lowest BCUT2D eigenvalue weighted by molar-refractivity contribution is 0.0448. The first kappa shape index (κ1) is 37.8. The topological polar surface area (TPSA) is 134 Å². The molecule has 0 fully saturated rings. The third kappa shape index (κ3) is 10.7. The van der Waals surface area contributed by atoms with Crippen LogP contribution in [0.5, 0.6) is 0 Å². The number of carbonyl (C=O) groups is 2. The Kier molecular flexibility index (Phi) is 10.9. The predicted molar refractivity (Wildman–Crippen MR) is 197 cm³/mol. The zero-order chi connectivity index (χ0) is 37.1. The number of imidazole rings is 2. The molecule has 10 heteroatoms. The standard InChI is InChI=1S/C40H52N6O4/c1-37(2,3)31(45-35(47)49-39(7,8)9)33-41-23-29(43-33)27-19-15-25(16-20-27)13-14-26-17-21-28(22-18-26)30-24-42-34(44-30)32(38(4,5)6)46-36(48)50-40(10,11)12/h15-24,31-32H,1-12H3,(H,41,43)(H,42,44)(H,45,47)(H,46,48)/t31-,32-/m1/s1. The number of amides is 2. The monoisotopic (exact) mass is 680 g/mol. The maximum Gasteiger partial charge on any atom is 0.408 e. The fraction of sp³-hybridized carbons (Fsp3) is 0.450. The van der Waals surface area contributed by atoms with E-state index in [0.29, 0.717) is 11.6 Å². The highest BCUT2D eigenvalue weighted by atomic mass is 16.6. The van der Waals surface area contributed by atoms with Crippen molar-refractivity contribution in [1.82, 2.24) is 30.6 Å². The summed E-state index contributed by atoms with van der Waals surface area (Å²) in [6, 6.07) is 15.1. The van der Waals surface area contributed by atoms with Crippen LogP contribution in [0.3, 0.4) is 0 Å². The van der Waals surface area contributed by atoms with E-state index in [0.717, 1.165) is 33.6 Å². The summed E-state index contributed by atoms with van der Waals surface area (Å²) in [6.45, 7) is 23.3. The van der Waals surface area contributed by atoms with Crippen molar-refractivity contribution < 1.29 is 19.1 Å². The quantitative estimate of drug-likeness (QED) is 0.150. The molecule has 2 amide bonds. The number of ether oxygens (including phenoxy) is 2. The Morgan fingerprint density at radius 3 is 1.18 bits per heavy atom. The van der Waals surface area contributed by atoms with Crippen molar-refractivity contribution in [2.45, 2.75) is 106 Å². The zero-order valence-corrected chi connectivity index (χ0v) is 31.5. The fourth-order valence-corrected chi connectivity index (χ4v) is 5.11. The van der Waals surface area contributed by atoms with Crippen LogP contribution < -0.4 is 10.6 Å². The molecular formula is C40H52N6O4. The van der Waals surface area contributed by atoms with Crippen LogP contribution in [0, 0.1) is 22.7 Å². The van der Waals surface area contributed by atoms with Gasteiger partial charge in [-0.05, 0) is 87.8 Å². The second kappa shape index (κ2) is 14.4. The van der Waals surface area contributed by atoms with Gasteiger partial charge in [0.2, 0.25) is 0 Å². The number of rotatable bonds is 6. The molecule has 0 saturated heterocycles. The summed E-state index contributed by atoms with van der Waals surface area (Å²) in [5.41, 5.74) is 3.54. The van der Waals surface area contributed by atoms with E-state index in [9.17, 15) is 9.59 Å². The average Bonchev–Trinajstić information content (AvgIpc) is 3.66. The number of hydrogen-bond acceptors (Lipinski definition) is 6. The first-order valence-electron chi connectivity index (χ1n) is 16.9. The Balaban J connectivity index is 1.43. The van der Waals surface area contributed by atoms with E-state index in [-0.39, 0.29) is 22.9 Å². The van der Waals surface area contributed by atoms with Crippen molar-refractivity contribution in [1.29, 1.82) is 0 Å². The number of aromatic nitrogens is 4. The molecule has 0 bridgehead atoms. The summed E-state index contributed by atoms with van der Waals surface area (Å²) in [7, 11) is 0. The lowest BCUT2D eigenvalue weighted by Gasteiger charge is -2.31. The minimum atomic E-state index is -0.597. The van der Waals surface area contributed by atoms with Gasteiger partial charge in [0.05, 0.1) is 35.9 Å². The highest BCUT2D eigenvalue weighted by molar-refractivity contribution is 5.69. The van der Waals surface area contributed by atoms with Gasteiger partial charge in [0.1, 0.15) is 22.9 Å². The molecule has 0 unspecified atom stereocenters. The Hall–Kier alpha value is -5.04. The van der Waals surface area contributed by atoms with Gasteiger partial charge in [0.25, 0.3) is 0 Å². The third-order valence-corrected chi connectivity index (χ3v) is 7.54. The number of hydrogen-bond donors (Lipinski definition) is 4. The number of nitrogens with zero attached hydrogens (tertiary/aromatic N) is 2. The Labute approximate surface area is 296 Å². The maximum absolute atomic E-state index is 12.6. The summed E-state index contributed by atoms with van der Waals surface area (Å²) in [4.78, 5) is 41.1. The van der Waals surface area contributed by atoms with Crippen LogP contribution in [0.15, 0.2) is 60.9 Å². The minimum absolute atomic E-state index is 0.305. The van der Waals surface area contributed by atoms with E-state index in [1.54, 1.807) is 12.4 Å². The second-order valence-electron chi connectivity index (χ2n) is 16.7. The van der Waals surface area contributed by atoms with Gasteiger partial charge in [0.15, 0.2) is 0 Å². The lowest BCUT2D eigenvalue weighted by Crippen LogP contribution is -2.40. The smallest absolute Gasteiger partial charge is 0.408 e. The number of carbonyl (C=O) groups excluding carboxylic acids is 2.